The minimum absolute atomic E-state index is 0.0106. The van der Waals surface area contributed by atoms with Crippen LogP contribution in [0.1, 0.15) is 127 Å². The average Bonchev–Trinajstić information content (AvgIpc) is 1.59. The van der Waals surface area contributed by atoms with Crippen LogP contribution in [0.2, 0.25) is 0 Å². The molecule has 0 unspecified atom stereocenters. The third-order valence-electron chi connectivity index (χ3n) is 21.1. The van der Waals surface area contributed by atoms with Crippen molar-refractivity contribution in [1.82, 2.24) is 73.4 Å². The highest BCUT2D eigenvalue weighted by molar-refractivity contribution is 7.98. The lowest BCUT2D eigenvalue weighted by Gasteiger charge is -2.36. The lowest BCUT2D eigenvalue weighted by molar-refractivity contribution is -0.143. The molecule has 1 saturated heterocycles. The lowest BCUT2D eigenvalue weighted by atomic mass is 9.85. The number of hydrogen-bond acceptors (Lipinski definition) is 20. The van der Waals surface area contributed by atoms with Gasteiger partial charge in [0.25, 0.3) is 5.91 Å². The molecular formula is C82H105N15O17S2. The number of thioether (sulfide) groups is 2. The third-order valence-corrected chi connectivity index (χ3v) is 23.3. The van der Waals surface area contributed by atoms with Gasteiger partial charge in [-0.1, -0.05) is 107 Å². The number of aliphatic hydroxyl groups excluding tert-OH is 2. The van der Waals surface area contributed by atoms with Gasteiger partial charge in [0.1, 0.15) is 88.6 Å². The van der Waals surface area contributed by atoms with E-state index >= 15 is 19.2 Å². The van der Waals surface area contributed by atoms with Crippen LogP contribution in [-0.2, 0) is 105 Å². The van der Waals surface area contributed by atoms with E-state index in [0.29, 0.717) is 50.4 Å². The predicted octanol–water partition coefficient (Wildman–Crippen LogP) is 1.36. The number of rotatable bonds is 11. The van der Waals surface area contributed by atoms with E-state index in [1.54, 1.807) is 95.4 Å². The summed E-state index contributed by atoms with van der Waals surface area (Å²) in [5, 5.41) is 73.6. The fraction of sp³-hybridized carbons (Fsp3) is 0.463. The molecule has 2 aromatic heterocycles. The number of carbonyl (C=O) groups is 13. The summed E-state index contributed by atoms with van der Waals surface area (Å²) in [6, 6.07) is 14.1. The molecule has 4 heterocycles. The van der Waals surface area contributed by atoms with Crippen LogP contribution in [0.3, 0.4) is 0 Å². The first-order chi connectivity index (χ1) is 54.8. The van der Waals surface area contributed by atoms with Crippen molar-refractivity contribution in [1.29, 1.82) is 0 Å². The number of aromatic nitrogens is 2. The number of nitrogens with zero attached hydrogens (tertiary/aromatic N) is 2. The number of aromatic amines is 1. The summed E-state index contributed by atoms with van der Waals surface area (Å²) in [4.78, 5) is 199. The van der Waals surface area contributed by atoms with Gasteiger partial charge in [-0.15, -0.1) is 0 Å². The van der Waals surface area contributed by atoms with Crippen LogP contribution in [0.15, 0.2) is 122 Å². The maximum atomic E-state index is 15.6. The Labute approximate surface area is 680 Å². The molecule has 9 rings (SSSR count). The van der Waals surface area contributed by atoms with Crippen molar-refractivity contribution in [3.63, 3.8) is 0 Å². The fourth-order valence-corrected chi connectivity index (χ4v) is 16.2. The molecule has 1 spiro atoms. The second-order valence-corrected chi connectivity index (χ2v) is 33.5. The first kappa shape index (κ1) is 88.8. The number of aromatic hydroxyl groups is 2. The molecule has 3 aliphatic rings. The molecule has 1 fully saturated rings. The van der Waals surface area contributed by atoms with Gasteiger partial charge in [-0.3, -0.25) is 62.3 Å². The molecule has 13 amide bonds. The summed E-state index contributed by atoms with van der Waals surface area (Å²) in [6.45, 7) is 14.6. The Kier molecular flexibility index (Phi) is 29.9. The van der Waals surface area contributed by atoms with Crippen molar-refractivity contribution in [3.05, 3.63) is 161 Å². The Balaban J connectivity index is 1.07. The highest BCUT2D eigenvalue weighted by atomic mass is 32.2. The van der Waals surface area contributed by atoms with Crippen LogP contribution in [0.25, 0.3) is 11.0 Å². The zero-order valence-electron chi connectivity index (χ0n) is 66.4. The van der Waals surface area contributed by atoms with Crippen LogP contribution in [0.4, 0.5) is 0 Å². The number of nitrogens with two attached hydrogens (primary N) is 1. The van der Waals surface area contributed by atoms with Gasteiger partial charge in [0.15, 0.2) is 0 Å². The Morgan fingerprint density at radius 2 is 1.21 bits per heavy atom. The second kappa shape index (κ2) is 39.0. The van der Waals surface area contributed by atoms with E-state index in [1.807, 2.05) is 18.2 Å². The van der Waals surface area contributed by atoms with Crippen molar-refractivity contribution < 1.29 is 82.8 Å². The Bertz CT molecular complexity index is 4610. The minimum Gasteiger partial charge on any atom is -0.508 e. The predicted molar refractivity (Wildman–Crippen MR) is 434 cm³/mol. The van der Waals surface area contributed by atoms with Gasteiger partial charge in [0, 0.05) is 73.5 Å². The Morgan fingerprint density at radius 1 is 0.629 bits per heavy atom. The Hall–Kier alpha value is -11.1. The summed E-state index contributed by atoms with van der Waals surface area (Å²) in [7, 11) is 0. The van der Waals surface area contributed by atoms with Gasteiger partial charge in [-0.25, -0.2) is 4.98 Å². The molecule has 622 valence electrons. The molecule has 4 aromatic carbocycles. The maximum absolute atomic E-state index is 15.6. The molecule has 14 atom stereocenters. The molecule has 2 aliphatic heterocycles. The largest absolute Gasteiger partial charge is 0.508 e. The van der Waals surface area contributed by atoms with E-state index in [4.69, 9.17) is 5.73 Å². The van der Waals surface area contributed by atoms with E-state index in [9.17, 15) is 63.6 Å². The Morgan fingerprint density at radius 3 is 1.82 bits per heavy atom. The molecule has 32 nitrogen and oxygen atoms in total. The molecule has 0 radical (unpaired) electrons. The number of hydrogen-bond donors (Lipinski definition) is 17. The lowest BCUT2D eigenvalue weighted by Crippen LogP contribution is -2.67. The van der Waals surface area contributed by atoms with E-state index in [2.05, 4.69) is 68.5 Å². The first-order valence-corrected chi connectivity index (χ1v) is 40.8. The van der Waals surface area contributed by atoms with Crippen molar-refractivity contribution in [2.45, 2.75) is 209 Å². The number of aliphatic hydroxyl groups is 2. The molecule has 116 heavy (non-hydrogen) atoms. The average molecular weight is 1640 g/mol. The number of phenols is 2. The van der Waals surface area contributed by atoms with E-state index in [-0.39, 0.29) is 74.5 Å². The number of pyridine rings is 1. The van der Waals surface area contributed by atoms with Crippen LogP contribution < -0.4 is 64.2 Å². The molecule has 34 heteroatoms. The normalized spacial score (nSPS) is 26.1. The SMILES string of the molecule is CC(=O)N[C@H]1CSCc2cccc(c2)CSC[C@H](C(N)=O)NC(=O)[C@H]([C@@H](C)O)NC(=O)[C@](C)(C(C)C)NC(=O)[C@H](Cc2ccc(O)cc2)NC(=O)[C@H](C)NC(=O)[C@]2(CCc3ccccc32)NC(=O)[C@H](Cc2c[nH]c3ncccc23)NC(=O)[C@H]([C@@H](C)O)NC(=O)[C@@H]2CCCN2C(=O)[C@H](Cc2ccc(O)cc2)NC(=O)[C@H](C(C)(C)C)NC1=O. The monoisotopic (exact) mass is 1640 g/mol. The fourth-order valence-electron chi connectivity index (χ4n) is 14.1. The minimum atomic E-state index is -1.99. The number of fused-ring (bicyclic) bond motifs is 6. The van der Waals surface area contributed by atoms with Gasteiger partial charge >= 0.3 is 0 Å². The number of aryl methyl sites for hydroxylation is 1. The summed E-state index contributed by atoms with van der Waals surface area (Å²) >= 11 is 2.52. The van der Waals surface area contributed by atoms with E-state index in [0.717, 1.165) is 11.1 Å². The van der Waals surface area contributed by atoms with Crippen molar-refractivity contribution in [2.75, 3.05) is 18.1 Å². The topological polar surface area (TPSA) is 493 Å². The molecule has 6 aromatic rings. The summed E-state index contributed by atoms with van der Waals surface area (Å²) in [5.41, 5.74) is 5.19. The summed E-state index contributed by atoms with van der Waals surface area (Å²) in [5.74, 6) is -11.8. The van der Waals surface area contributed by atoms with Gasteiger partial charge in [0.05, 0.1) is 12.2 Å². The van der Waals surface area contributed by atoms with Crippen LogP contribution in [-0.4, -0.2) is 208 Å². The third kappa shape index (κ3) is 22.5. The number of benzene rings is 4. The van der Waals surface area contributed by atoms with Crippen LogP contribution >= 0.6 is 23.5 Å². The second-order valence-electron chi connectivity index (χ2n) is 31.4. The smallest absolute Gasteiger partial charge is 0.251 e. The van der Waals surface area contributed by atoms with Crippen molar-refractivity contribution in [2.24, 2.45) is 17.1 Å². The number of H-pyrrole nitrogens is 1. The van der Waals surface area contributed by atoms with Gasteiger partial charge in [0.2, 0.25) is 70.9 Å². The van der Waals surface area contributed by atoms with Crippen molar-refractivity contribution >= 4 is 111 Å². The number of carbonyl (C=O) groups excluding carboxylic acids is 13. The molecule has 0 saturated carbocycles. The number of amides is 13. The quantitative estimate of drug-likeness (QED) is 0.0870. The van der Waals surface area contributed by atoms with Crippen molar-refractivity contribution in [3.8, 4) is 11.5 Å². The summed E-state index contributed by atoms with van der Waals surface area (Å²) < 4.78 is 0. The molecular weight excluding hydrogens is 1530 g/mol. The zero-order chi connectivity index (χ0) is 84.7. The number of nitrogens with one attached hydrogen (secondary N) is 12. The van der Waals surface area contributed by atoms with Crippen LogP contribution in [0.5, 0.6) is 11.5 Å². The molecule has 18 N–H and O–H groups in total. The van der Waals surface area contributed by atoms with E-state index in [1.165, 1.54) is 106 Å². The van der Waals surface area contributed by atoms with E-state index < -0.39 is 172 Å². The highest BCUT2D eigenvalue weighted by Crippen LogP contribution is 2.38. The molecule has 1 aliphatic carbocycles. The maximum Gasteiger partial charge on any atom is 0.251 e. The number of phenolic OH excluding ortho intramolecular Hbond substituents is 2. The van der Waals surface area contributed by atoms with Crippen LogP contribution in [0, 0.1) is 11.3 Å². The standard InChI is InChI=1S/C82H105N15O17S2/c1-43(2)81(10)78(113)93-65(46(5)99)75(110)91-61(67(83)103)41-115-39-50-16-13-17-51(34-50)40-116-42-62(87-47(6)100)70(105)94-66(80(7,8)9)76(111)90-60(36-49-24-28-55(102)29-25-49)77(112)97-33-15-21-63(97)73(108)92-64(45(4)98)74(109)89-59(37-53-38-85-68-56(53)19-14-32-84-68)72(107)96-82(31-30-52-18-11-12-20-57(52)82)79(114)86-44(3)69(104)88-58(71(106)95-81)35-48-22-26-54(101)27-23-48/h11-14,16-20,22-29,32,34,38,43-46,58-66,98-99,101-102H,15,21,30-31,33,35-37,39-42H2,1-10H3,(H2,83,103)(H,84,85)(H,86,114)(H,87,100)(H,88,104)(H,89,109)(H,90,111)(H,91,110)(H,92,108)(H,93,113)(H,94,105)(H,95,106)(H,96,107)/t44-,45+,46+,58-,59-,60-,61+,62-,63-,64-,65-,66+,81-,82+/m0/s1. The van der Waals surface area contributed by atoms with Gasteiger partial charge < -0.3 is 94.5 Å². The summed E-state index contributed by atoms with van der Waals surface area (Å²) in [6.07, 6.45) is -0.469. The number of primary amides is 1. The zero-order valence-corrected chi connectivity index (χ0v) is 68.1. The highest BCUT2D eigenvalue weighted by Gasteiger charge is 2.50. The first-order valence-electron chi connectivity index (χ1n) is 38.5. The van der Waals surface area contributed by atoms with Gasteiger partial charge in [-0.05, 0) is 140 Å². The molecule has 2 bridgehead atoms. The van der Waals surface area contributed by atoms with Gasteiger partial charge in [-0.2, -0.15) is 23.5 Å².